The number of halogens is 2. The standard InChI is InChI=1S/C15H18Br2N2O2/c1-4-12-15(17)13(19(3)18-12)8-21-14-7-10(16)5-6-11(14)9(2)20/h5-7,9,20H,4,8H2,1-3H3. The van der Waals surface area contributed by atoms with Crippen molar-refractivity contribution in [1.82, 2.24) is 9.78 Å². The molecule has 1 heterocycles. The number of rotatable bonds is 5. The first kappa shape index (κ1) is 16.5. The predicted molar refractivity (Wildman–Crippen MR) is 89.4 cm³/mol. The molecule has 1 unspecified atom stereocenters. The SMILES string of the molecule is CCc1nn(C)c(COc2cc(Br)ccc2C(C)O)c1Br. The Hall–Kier alpha value is -0.850. The summed E-state index contributed by atoms with van der Waals surface area (Å²) in [5, 5.41) is 14.3. The second-order valence-corrected chi connectivity index (χ2v) is 6.54. The molecule has 0 aliphatic heterocycles. The van der Waals surface area contributed by atoms with Crippen LogP contribution in [-0.2, 0) is 20.1 Å². The number of nitrogens with zero attached hydrogens (tertiary/aromatic N) is 2. The Bertz CT molecular complexity index is 639. The van der Waals surface area contributed by atoms with E-state index in [-0.39, 0.29) is 0 Å². The van der Waals surface area contributed by atoms with Gasteiger partial charge in [0, 0.05) is 17.1 Å². The van der Waals surface area contributed by atoms with Crippen molar-refractivity contribution < 1.29 is 9.84 Å². The van der Waals surface area contributed by atoms with Crippen LogP contribution in [0.5, 0.6) is 5.75 Å². The van der Waals surface area contributed by atoms with E-state index >= 15 is 0 Å². The second-order valence-electron chi connectivity index (χ2n) is 4.83. The van der Waals surface area contributed by atoms with Crippen LogP contribution in [0.4, 0.5) is 0 Å². The monoisotopic (exact) mass is 416 g/mol. The summed E-state index contributed by atoms with van der Waals surface area (Å²) >= 11 is 7.00. The van der Waals surface area contributed by atoms with Gasteiger partial charge in [-0.3, -0.25) is 4.68 Å². The number of aryl methyl sites for hydroxylation is 2. The Labute approximate surface area is 141 Å². The fraction of sp³-hybridized carbons (Fsp3) is 0.400. The summed E-state index contributed by atoms with van der Waals surface area (Å²) < 4.78 is 9.63. The van der Waals surface area contributed by atoms with Crippen LogP contribution >= 0.6 is 31.9 Å². The van der Waals surface area contributed by atoms with E-state index < -0.39 is 6.10 Å². The maximum absolute atomic E-state index is 9.82. The molecule has 0 amide bonds. The van der Waals surface area contributed by atoms with Crippen molar-refractivity contribution in [3.05, 3.63) is 44.1 Å². The van der Waals surface area contributed by atoms with E-state index in [1.165, 1.54) is 0 Å². The number of aromatic nitrogens is 2. The summed E-state index contributed by atoms with van der Waals surface area (Å²) in [4.78, 5) is 0. The number of ether oxygens (including phenoxy) is 1. The van der Waals surface area contributed by atoms with Crippen molar-refractivity contribution in [2.24, 2.45) is 7.05 Å². The zero-order valence-electron chi connectivity index (χ0n) is 12.2. The lowest BCUT2D eigenvalue weighted by atomic mass is 10.1. The van der Waals surface area contributed by atoms with Crippen molar-refractivity contribution in [2.45, 2.75) is 33.0 Å². The number of aliphatic hydroxyl groups excluding tert-OH is 1. The number of hydrogen-bond acceptors (Lipinski definition) is 3. The van der Waals surface area contributed by atoms with Gasteiger partial charge in [-0.25, -0.2) is 0 Å². The van der Waals surface area contributed by atoms with Crippen LogP contribution in [0.1, 0.15) is 36.9 Å². The minimum absolute atomic E-state index is 0.389. The summed E-state index contributed by atoms with van der Waals surface area (Å²) in [6.45, 7) is 4.18. The highest BCUT2D eigenvalue weighted by atomic mass is 79.9. The lowest BCUT2D eigenvalue weighted by Gasteiger charge is -2.14. The first-order valence-electron chi connectivity index (χ1n) is 6.74. The van der Waals surface area contributed by atoms with Gasteiger partial charge in [-0.2, -0.15) is 5.10 Å². The fourth-order valence-electron chi connectivity index (χ4n) is 2.10. The van der Waals surface area contributed by atoms with Crippen LogP contribution in [0.25, 0.3) is 0 Å². The third-order valence-corrected chi connectivity index (χ3v) is 4.70. The van der Waals surface area contributed by atoms with Crippen molar-refractivity contribution >= 4 is 31.9 Å². The topological polar surface area (TPSA) is 47.3 Å². The van der Waals surface area contributed by atoms with Crippen molar-refractivity contribution in [3.63, 3.8) is 0 Å². The van der Waals surface area contributed by atoms with Crippen LogP contribution in [0.3, 0.4) is 0 Å². The molecule has 1 N–H and O–H groups in total. The Morgan fingerprint density at radius 1 is 1.38 bits per heavy atom. The van der Waals surface area contributed by atoms with E-state index in [4.69, 9.17) is 4.74 Å². The Balaban J connectivity index is 2.24. The molecule has 4 nitrogen and oxygen atoms in total. The first-order chi connectivity index (χ1) is 9.93. The fourth-order valence-corrected chi connectivity index (χ4v) is 3.17. The van der Waals surface area contributed by atoms with Gasteiger partial charge in [0.05, 0.1) is 22.0 Å². The molecule has 114 valence electrons. The summed E-state index contributed by atoms with van der Waals surface area (Å²) in [5.41, 5.74) is 2.76. The Morgan fingerprint density at radius 3 is 2.67 bits per heavy atom. The third-order valence-electron chi connectivity index (χ3n) is 3.29. The molecule has 2 aromatic rings. The maximum atomic E-state index is 9.82. The summed E-state index contributed by atoms with van der Waals surface area (Å²) in [6.07, 6.45) is 0.291. The molecule has 0 bridgehead atoms. The smallest absolute Gasteiger partial charge is 0.131 e. The second kappa shape index (κ2) is 6.94. The van der Waals surface area contributed by atoms with Gasteiger partial charge < -0.3 is 9.84 Å². The highest BCUT2D eigenvalue weighted by Gasteiger charge is 2.15. The van der Waals surface area contributed by atoms with Gasteiger partial charge in [-0.15, -0.1) is 0 Å². The molecule has 21 heavy (non-hydrogen) atoms. The number of benzene rings is 1. The highest BCUT2D eigenvalue weighted by molar-refractivity contribution is 9.10. The average molecular weight is 418 g/mol. The summed E-state index contributed by atoms with van der Waals surface area (Å²) in [7, 11) is 1.90. The molecule has 0 saturated carbocycles. The van der Waals surface area contributed by atoms with E-state index in [0.29, 0.717) is 12.4 Å². The van der Waals surface area contributed by atoms with Gasteiger partial charge in [0.1, 0.15) is 12.4 Å². The lowest BCUT2D eigenvalue weighted by Crippen LogP contribution is -2.06. The van der Waals surface area contributed by atoms with Crippen LogP contribution in [0, 0.1) is 0 Å². The molecule has 2 rings (SSSR count). The zero-order valence-corrected chi connectivity index (χ0v) is 15.4. The van der Waals surface area contributed by atoms with Gasteiger partial charge in [0.15, 0.2) is 0 Å². The normalized spacial score (nSPS) is 12.5. The molecular formula is C15H18Br2N2O2. The first-order valence-corrected chi connectivity index (χ1v) is 8.33. The molecule has 0 saturated heterocycles. The average Bonchev–Trinajstić information content (AvgIpc) is 2.71. The molecule has 6 heteroatoms. The van der Waals surface area contributed by atoms with Gasteiger partial charge >= 0.3 is 0 Å². The Kier molecular flexibility index (Phi) is 5.46. The molecule has 0 aliphatic carbocycles. The molecule has 1 aromatic carbocycles. The van der Waals surface area contributed by atoms with Crippen molar-refractivity contribution in [1.29, 1.82) is 0 Å². The quantitative estimate of drug-likeness (QED) is 0.795. The van der Waals surface area contributed by atoms with Gasteiger partial charge in [-0.05, 0) is 41.4 Å². The molecule has 0 fully saturated rings. The molecule has 0 spiro atoms. The van der Waals surface area contributed by atoms with Crippen molar-refractivity contribution in [3.8, 4) is 5.75 Å². The third kappa shape index (κ3) is 3.67. The minimum Gasteiger partial charge on any atom is -0.487 e. The van der Waals surface area contributed by atoms with E-state index in [1.807, 2.05) is 29.9 Å². The molecule has 1 atom stereocenters. The van der Waals surface area contributed by atoms with E-state index in [2.05, 4.69) is 43.9 Å². The van der Waals surface area contributed by atoms with E-state index in [1.54, 1.807) is 6.92 Å². The Morgan fingerprint density at radius 2 is 2.10 bits per heavy atom. The largest absolute Gasteiger partial charge is 0.487 e. The van der Waals surface area contributed by atoms with Crippen LogP contribution < -0.4 is 4.74 Å². The van der Waals surface area contributed by atoms with E-state index in [0.717, 1.165) is 32.3 Å². The summed E-state index contributed by atoms with van der Waals surface area (Å²) in [6, 6.07) is 5.62. The van der Waals surface area contributed by atoms with Crippen molar-refractivity contribution in [2.75, 3.05) is 0 Å². The zero-order chi connectivity index (χ0) is 15.6. The minimum atomic E-state index is -0.575. The van der Waals surface area contributed by atoms with Gasteiger partial charge in [0.2, 0.25) is 0 Å². The van der Waals surface area contributed by atoms with Crippen LogP contribution in [-0.4, -0.2) is 14.9 Å². The van der Waals surface area contributed by atoms with Gasteiger partial charge in [-0.1, -0.05) is 28.9 Å². The molecule has 0 aliphatic rings. The lowest BCUT2D eigenvalue weighted by molar-refractivity contribution is 0.189. The maximum Gasteiger partial charge on any atom is 0.131 e. The summed E-state index contributed by atoms with van der Waals surface area (Å²) in [5.74, 6) is 0.672. The van der Waals surface area contributed by atoms with Crippen LogP contribution in [0.2, 0.25) is 0 Å². The van der Waals surface area contributed by atoms with Gasteiger partial charge in [0.25, 0.3) is 0 Å². The molecule has 0 radical (unpaired) electrons. The number of hydrogen-bond donors (Lipinski definition) is 1. The van der Waals surface area contributed by atoms with E-state index in [9.17, 15) is 5.11 Å². The predicted octanol–water partition coefficient (Wildman–Crippen LogP) is 4.14. The molecular weight excluding hydrogens is 400 g/mol. The molecule has 1 aromatic heterocycles. The number of aliphatic hydroxyl groups is 1. The van der Waals surface area contributed by atoms with Crippen LogP contribution in [0.15, 0.2) is 27.1 Å². The highest BCUT2D eigenvalue weighted by Crippen LogP contribution is 2.30.